The summed E-state index contributed by atoms with van der Waals surface area (Å²) in [6.45, 7) is 2.12. The van der Waals surface area contributed by atoms with Crippen molar-refractivity contribution in [2.24, 2.45) is 0 Å². The summed E-state index contributed by atoms with van der Waals surface area (Å²) in [4.78, 5) is 0. The minimum atomic E-state index is 0.357. The van der Waals surface area contributed by atoms with Crippen molar-refractivity contribution in [1.82, 2.24) is 5.32 Å². The number of aryl methyl sites for hydroxylation is 2. The van der Waals surface area contributed by atoms with Gasteiger partial charge in [0.05, 0.1) is 7.11 Å². The molecule has 25 heavy (non-hydrogen) atoms. The summed E-state index contributed by atoms with van der Waals surface area (Å²) >= 11 is 0. The molecule has 1 aliphatic rings. The lowest BCUT2D eigenvalue weighted by Gasteiger charge is -2.25. The Bertz CT molecular complexity index is 650. The maximum absolute atomic E-state index is 6.28. The monoisotopic (exact) mass is 339 g/mol. The molecule has 1 fully saturated rings. The van der Waals surface area contributed by atoms with E-state index >= 15 is 0 Å². The number of hydrogen-bond donors (Lipinski definition) is 1. The van der Waals surface area contributed by atoms with Crippen LogP contribution in [0, 0.1) is 0 Å². The van der Waals surface area contributed by atoms with Crippen LogP contribution in [0.5, 0.6) is 11.5 Å². The molecule has 0 saturated carbocycles. The predicted octanol–water partition coefficient (Wildman–Crippen LogP) is 4.39. The molecule has 1 heterocycles. The van der Waals surface area contributed by atoms with E-state index in [1.807, 2.05) is 12.1 Å². The first-order valence-electron chi connectivity index (χ1n) is 9.44. The first-order chi connectivity index (χ1) is 12.4. The Morgan fingerprint density at radius 3 is 2.04 bits per heavy atom. The fraction of sp³-hybridized carbons (Fsp3) is 0.455. The van der Waals surface area contributed by atoms with Crippen LogP contribution in [0.2, 0.25) is 0 Å². The lowest BCUT2D eigenvalue weighted by molar-refractivity contribution is 0.161. The van der Waals surface area contributed by atoms with Gasteiger partial charge in [-0.05, 0) is 74.9 Å². The summed E-state index contributed by atoms with van der Waals surface area (Å²) in [6, 6.07) is 16.8. The summed E-state index contributed by atoms with van der Waals surface area (Å²) in [7, 11) is 1.74. The van der Waals surface area contributed by atoms with E-state index in [0.29, 0.717) is 6.10 Å². The van der Waals surface area contributed by atoms with Crippen molar-refractivity contribution in [3.63, 3.8) is 0 Å². The fourth-order valence-electron chi connectivity index (χ4n) is 3.46. The van der Waals surface area contributed by atoms with Gasteiger partial charge < -0.3 is 14.8 Å². The van der Waals surface area contributed by atoms with Gasteiger partial charge in [0.15, 0.2) is 0 Å². The van der Waals surface area contributed by atoms with Crippen molar-refractivity contribution in [3.8, 4) is 11.5 Å². The quantitative estimate of drug-likeness (QED) is 0.724. The molecule has 1 saturated heterocycles. The van der Waals surface area contributed by atoms with Gasteiger partial charge in [-0.15, -0.1) is 0 Å². The van der Waals surface area contributed by atoms with Crippen molar-refractivity contribution >= 4 is 0 Å². The molecule has 1 N–H and O–H groups in total. The van der Waals surface area contributed by atoms with Crippen LogP contribution in [-0.2, 0) is 12.8 Å². The number of unbranched alkanes of at least 4 members (excludes halogenated alkanes) is 1. The van der Waals surface area contributed by atoms with Gasteiger partial charge in [-0.3, -0.25) is 0 Å². The lowest BCUT2D eigenvalue weighted by Crippen LogP contribution is -2.34. The average molecular weight is 339 g/mol. The van der Waals surface area contributed by atoms with Crippen LogP contribution >= 0.6 is 0 Å². The first kappa shape index (κ1) is 17.8. The molecule has 0 spiro atoms. The Kier molecular flexibility index (Phi) is 6.75. The zero-order chi connectivity index (χ0) is 17.3. The highest BCUT2D eigenvalue weighted by Crippen LogP contribution is 2.25. The lowest BCUT2D eigenvalue weighted by atomic mass is 10.0. The van der Waals surface area contributed by atoms with E-state index < -0.39 is 0 Å². The first-order valence-corrected chi connectivity index (χ1v) is 9.44. The van der Waals surface area contributed by atoms with Gasteiger partial charge in [-0.25, -0.2) is 0 Å². The van der Waals surface area contributed by atoms with Crippen LogP contribution in [0.4, 0.5) is 0 Å². The largest absolute Gasteiger partial charge is 0.496 e. The Balaban J connectivity index is 1.51. The van der Waals surface area contributed by atoms with Gasteiger partial charge in [-0.1, -0.05) is 36.4 Å². The highest BCUT2D eigenvalue weighted by molar-refractivity contribution is 5.34. The Labute approximate surface area is 151 Å². The molecule has 0 aromatic heterocycles. The summed E-state index contributed by atoms with van der Waals surface area (Å²) in [5, 5.41) is 3.39. The molecular weight excluding hydrogens is 310 g/mol. The maximum Gasteiger partial charge on any atom is 0.122 e. The highest BCUT2D eigenvalue weighted by atomic mass is 16.5. The van der Waals surface area contributed by atoms with E-state index in [1.165, 1.54) is 11.1 Å². The van der Waals surface area contributed by atoms with Crippen molar-refractivity contribution in [1.29, 1.82) is 0 Å². The zero-order valence-corrected chi connectivity index (χ0v) is 15.2. The van der Waals surface area contributed by atoms with E-state index in [1.54, 1.807) is 7.11 Å². The van der Waals surface area contributed by atoms with Gasteiger partial charge in [0, 0.05) is 0 Å². The van der Waals surface area contributed by atoms with Crippen LogP contribution in [0.25, 0.3) is 0 Å². The smallest absolute Gasteiger partial charge is 0.122 e. The van der Waals surface area contributed by atoms with Crippen LogP contribution in [0.1, 0.15) is 36.8 Å². The molecule has 0 unspecified atom stereocenters. The zero-order valence-electron chi connectivity index (χ0n) is 15.2. The Morgan fingerprint density at radius 1 is 0.840 bits per heavy atom. The number of piperidine rings is 1. The molecule has 0 atom stereocenters. The summed E-state index contributed by atoms with van der Waals surface area (Å²) in [5.74, 6) is 2.07. The second-order valence-corrected chi connectivity index (χ2v) is 6.69. The van der Waals surface area contributed by atoms with E-state index in [9.17, 15) is 0 Å². The van der Waals surface area contributed by atoms with E-state index in [0.717, 1.165) is 63.1 Å². The minimum absolute atomic E-state index is 0.357. The summed E-state index contributed by atoms with van der Waals surface area (Å²) in [5.41, 5.74) is 2.63. The van der Waals surface area contributed by atoms with E-state index in [2.05, 4.69) is 41.7 Å². The molecule has 3 rings (SSSR count). The van der Waals surface area contributed by atoms with Crippen molar-refractivity contribution in [3.05, 3.63) is 59.7 Å². The van der Waals surface area contributed by atoms with Gasteiger partial charge >= 0.3 is 0 Å². The second kappa shape index (κ2) is 9.47. The van der Waals surface area contributed by atoms with Gasteiger partial charge in [0.25, 0.3) is 0 Å². The molecule has 2 aromatic carbocycles. The third-order valence-corrected chi connectivity index (χ3v) is 4.89. The van der Waals surface area contributed by atoms with Crippen molar-refractivity contribution in [2.75, 3.05) is 20.2 Å². The molecule has 3 nitrogen and oxygen atoms in total. The second-order valence-electron chi connectivity index (χ2n) is 6.69. The molecule has 3 heteroatoms. The number of ether oxygens (including phenoxy) is 2. The number of rotatable bonds is 8. The standard InChI is InChI=1S/C22H29NO2/c1-24-21-12-6-4-9-18(21)8-2-3-10-19-11-5-7-13-22(19)25-20-14-16-23-17-15-20/h4-7,9,11-13,20,23H,2-3,8,10,14-17H2,1H3. The molecule has 0 aliphatic carbocycles. The third-order valence-electron chi connectivity index (χ3n) is 4.89. The van der Waals surface area contributed by atoms with E-state index in [-0.39, 0.29) is 0 Å². The van der Waals surface area contributed by atoms with Gasteiger partial charge in [-0.2, -0.15) is 0 Å². The molecule has 0 bridgehead atoms. The Morgan fingerprint density at radius 2 is 1.40 bits per heavy atom. The van der Waals surface area contributed by atoms with E-state index in [4.69, 9.17) is 9.47 Å². The third kappa shape index (κ3) is 5.23. The number of methoxy groups -OCH3 is 1. The Hall–Kier alpha value is -2.00. The molecule has 0 amide bonds. The highest BCUT2D eigenvalue weighted by Gasteiger charge is 2.15. The average Bonchev–Trinajstić information content (AvgIpc) is 2.67. The summed E-state index contributed by atoms with van der Waals surface area (Å²) < 4.78 is 11.7. The normalized spacial score (nSPS) is 15.1. The molecule has 1 aliphatic heterocycles. The molecule has 2 aromatic rings. The van der Waals surface area contributed by atoms with Crippen LogP contribution in [-0.4, -0.2) is 26.3 Å². The van der Waals surface area contributed by atoms with Crippen LogP contribution in [0.3, 0.4) is 0 Å². The number of para-hydroxylation sites is 2. The minimum Gasteiger partial charge on any atom is -0.496 e. The number of hydrogen-bond acceptors (Lipinski definition) is 3. The fourth-order valence-corrected chi connectivity index (χ4v) is 3.46. The van der Waals surface area contributed by atoms with Crippen molar-refractivity contribution < 1.29 is 9.47 Å². The number of nitrogens with one attached hydrogen (secondary N) is 1. The van der Waals surface area contributed by atoms with Crippen LogP contribution < -0.4 is 14.8 Å². The van der Waals surface area contributed by atoms with Gasteiger partial charge in [0.2, 0.25) is 0 Å². The SMILES string of the molecule is COc1ccccc1CCCCc1ccccc1OC1CCNCC1. The van der Waals surface area contributed by atoms with Gasteiger partial charge in [0.1, 0.15) is 17.6 Å². The van der Waals surface area contributed by atoms with Crippen molar-refractivity contribution in [2.45, 2.75) is 44.6 Å². The molecular formula is C22H29NO2. The summed E-state index contributed by atoms with van der Waals surface area (Å²) in [6.07, 6.45) is 6.99. The predicted molar refractivity (Wildman–Crippen MR) is 103 cm³/mol. The topological polar surface area (TPSA) is 30.5 Å². The molecule has 0 radical (unpaired) electrons. The van der Waals surface area contributed by atoms with Crippen LogP contribution in [0.15, 0.2) is 48.5 Å². The molecule has 134 valence electrons. The maximum atomic E-state index is 6.28. The number of benzene rings is 2.